The van der Waals surface area contributed by atoms with E-state index >= 15 is 51.9 Å². The molecule has 1 aromatic heterocycles. The number of nitrogens with two attached hydrogens (primary N) is 2. The van der Waals surface area contributed by atoms with Gasteiger partial charge in [0.2, 0.25) is 88.6 Å². The fourth-order valence-electron chi connectivity index (χ4n) is 16.5. The zero-order valence-corrected chi connectivity index (χ0v) is 76.4. The van der Waals surface area contributed by atoms with Gasteiger partial charge in [-0.3, -0.25) is 76.7 Å². The maximum Gasteiger partial charge on any atom is 0.305 e. The molecule has 6 aromatic carbocycles. The number of amides is 15. The Kier molecular flexibility index (Phi) is 36.9. The molecule has 728 valence electrons. The van der Waals surface area contributed by atoms with Gasteiger partial charge in [0.15, 0.2) is 17.5 Å². The molecule has 0 spiro atoms. The first-order valence-electron chi connectivity index (χ1n) is 44.3. The van der Waals surface area contributed by atoms with Crippen molar-refractivity contribution in [3.05, 3.63) is 203 Å². The van der Waals surface area contributed by atoms with Crippen LogP contribution in [0.1, 0.15) is 92.7 Å². The zero-order valence-electron chi connectivity index (χ0n) is 75.6. The maximum absolute atomic E-state index is 15.8. The number of carboxylic acid groups (broad SMARTS) is 1. The molecule has 136 heavy (non-hydrogen) atoms. The molecule has 3 aliphatic heterocycles. The van der Waals surface area contributed by atoms with Crippen LogP contribution in [0, 0.1) is 23.4 Å². The van der Waals surface area contributed by atoms with Crippen LogP contribution in [0.3, 0.4) is 0 Å². The predicted molar refractivity (Wildman–Crippen MR) is 489 cm³/mol. The number of benzene rings is 6. The smallest absolute Gasteiger partial charge is 0.305 e. The molecule has 4 heterocycles. The third-order valence-electron chi connectivity index (χ3n) is 24.0. The summed E-state index contributed by atoms with van der Waals surface area (Å²) in [7, 11) is 3.59. The average molecular weight is 1910 g/mol. The number of halogens is 3. The van der Waals surface area contributed by atoms with Gasteiger partial charge >= 0.3 is 5.97 Å². The van der Waals surface area contributed by atoms with Crippen molar-refractivity contribution in [1.29, 1.82) is 0 Å². The molecule has 0 aliphatic carbocycles. The van der Waals surface area contributed by atoms with Gasteiger partial charge in [0.05, 0.1) is 30.9 Å². The van der Waals surface area contributed by atoms with E-state index in [1.807, 2.05) is 0 Å². The number of nitrogens with one attached hydrogen (secondary N) is 10. The fraction of sp³-hybridized carbons (Fsp3) is 0.426. The molecule has 19 N–H and O–H groups in total. The molecule has 0 radical (unpaired) electrons. The number of aliphatic carboxylic acids is 1. The van der Waals surface area contributed by atoms with E-state index in [0.717, 1.165) is 31.5 Å². The van der Waals surface area contributed by atoms with E-state index in [1.165, 1.54) is 76.5 Å². The lowest BCUT2D eigenvalue weighted by Crippen LogP contribution is -2.62. The number of primary amides is 1. The van der Waals surface area contributed by atoms with E-state index in [-0.39, 0.29) is 43.6 Å². The molecule has 0 unspecified atom stereocenters. The third kappa shape index (κ3) is 27.9. The standard InChI is InChI=1S/C94H114F3N17O21S/c1-7-8-23-72-93(134)114-47-60(118)41-75(114)89(130)105-67(42-79(121)122)85(126)109-81(50(2)3)94(135)111(5)73(37-51-17-11-9-12-18-51)87(128)106-69(35-54-26-30-58(116)31-27-54)91(132)113-46-59(117)40-74(113)88(129)104-66(39-56-44-100-64-22-16-15-21-61(56)64)84(125)103-65(34-53-24-28-57(115)29-25-53)83(124)107-70(43-98)86(127)108-71(82(123)101-45-77(99)119)48-136-49-78(120)102-68(36-55-32-62(95)80(97)63(96)33-55)90(131)112(6)76(92(133)110(72)4)38-52-19-13-10-14-20-52/h9-22,24-33,44,50,59-60,65-76,81,100,115-118H,7-8,23,34-43,45-49,98H2,1-6H3,(H2,99,119)(H,101,123)(H,102,120)(H,103,125)(H,104,129)(H,105,130)(H,106,128)(H,107,124)(H,108,127)(H,109,126)(H,121,122)/t59-,60-,65+,66+,67+,68+,69-,70+,71+,72+,73-,74-,75-,76+,81+/m1/s1. The second-order valence-corrected chi connectivity index (χ2v) is 35.4. The van der Waals surface area contributed by atoms with Gasteiger partial charge in [0.1, 0.15) is 90.0 Å². The van der Waals surface area contributed by atoms with Gasteiger partial charge in [-0.2, -0.15) is 0 Å². The lowest BCUT2D eigenvalue weighted by molar-refractivity contribution is -0.152. The number of carbonyl (C=O) groups is 16. The third-order valence-corrected chi connectivity index (χ3v) is 25.0. The lowest BCUT2D eigenvalue weighted by Gasteiger charge is -2.38. The highest BCUT2D eigenvalue weighted by atomic mass is 32.2. The van der Waals surface area contributed by atoms with Crippen molar-refractivity contribution in [2.45, 2.75) is 189 Å². The molecule has 7 aromatic rings. The second kappa shape index (κ2) is 48.3. The Morgan fingerprint density at radius 1 is 0.500 bits per heavy atom. The number of hydrogen-bond donors (Lipinski definition) is 17. The number of thioether (sulfide) groups is 1. The number of aliphatic hydroxyl groups excluding tert-OH is 2. The average Bonchev–Trinajstić information content (AvgIpc) is 1.49. The van der Waals surface area contributed by atoms with E-state index in [0.29, 0.717) is 69.0 Å². The number of aromatic nitrogens is 1. The number of aromatic hydroxyl groups is 2. The minimum Gasteiger partial charge on any atom is -0.508 e. The molecule has 3 saturated heterocycles. The first-order chi connectivity index (χ1) is 64.7. The highest BCUT2D eigenvalue weighted by molar-refractivity contribution is 8.00. The molecular weight excluding hydrogens is 1790 g/mol. The Morgan fingerprint density at radius 3 is 1.51 bits per heavy atom. The summed E-state index contributed by atoms with van der Waals surface area (Å²) >= 11 is 0.612. The molecule has 42 heteroatoms. The van der Waals surface area contributed by atoms with Gasteiger partial charge in [0, 0.05) is 115 Å². The van der Waals surface area contributed by atoms with Crippen LogP contribution in [0.5, 0.6) is 11.5 Å². The Balaban J connectivity index is 1.06. The van der Waals surface area contributed by atoms with Crippen molar-refractivity contribution in [2.24, 2.45) is 17.4 Å². The minimum absolute atomic E-state index is 0.146. The highest BCUT2D eigenvalue weighted by Crippen LogP contribution is 2.29. The van der Waals surface area contributed by atoms with Crippen LogP contribution in [0.2, 0.25) is 0 Å². The number of nitrogens with zero attached hydrogens (tertiary/aromatic N) is 5. The van der Waals surface area contributed by atoms with Crippen LogP contribution < -0.4 is 59.3 Å². The van der Waals surface area contributed by atoms with E-state index in [1.54, 1.807) is 98.0 Å². The van der Waals surface area contributed by atoms with E-state index < -0.39 is 290 Å². The quantitative estimate of drug-likeness (QED) is 0.0386. The number of H-pyrrole nitrogens is 1. The number of phenolic OH excluding ortho intramolecular Hbond substituents is 2. The number of rotatable bonds is 22. The number of unbranched alkanes of at least 4 members (excludes halogenated alkanes) is 1. The summed E-state index contributed by atoms with van der Waals surface area (Å²) in [6, 6.07) is 12.5. The van der Waals surface area contributed by atoms with Crippen LogP contribution in [0.15, 0.2) is 152 Å². The number of aliphatic hydroxyl groups is 2. The number of carboxylic acids is 1. The molecule has 0 bridgehead atoms. The first-order valence-corrected chi connectivity index (χ1v) is 45.4. The van der Waals surface area contributed by atoms with Gasteiger partial charge in [-0.15, -0.1) is 11.8 Å². The van der Waals surface area contributed by atoms with Gasteiger partial charge in [-0.25, -0.2) is 13.2 Å². The number of fused-ring (bicyclic) bond motifs is 3. The monoisotopic (exact) mass is 1910 g/mol. The summed E-state index contributed by atoms with van der Waals surface area (Å²) in [5.41, 5.74) is 13.7. The molecule has 3 fully saturated rings. The molecule has 0 saturated carbocycles. The lowest BCUT2D eigenvalue weighted by atomic mass is 9.98. The number of likely N-dealkylation sites (N-methyl/N-ethyl adjacent to an activating group) is 3. The SMILES string of the molecule is CCCC[C@H]1C(=O)N2C[C@H](O)C[C@@H]2C(=O)N[C@@H](CC(=O)O)C(=O)N[C@@H](C(C)C)C(=O)N(C)[C@H](Cc2ccccc2)C(=O)N[C@H](Cc2ccc(O)cc2)C(=O)N2C[C@H](O)C[C@@H]2C(=O)N[C@@H](Cc2c[nH]c3ccccc23)C(=O)N[C@@H](Cc2ccc(O)cc2)C(=O)N[C@@H](CN)C(=O)N[C@H](C(=O)NCC(N)=O)CSCC(=O)N[C@@H](Cc2cc(F)c(F)c(F)c2)C(=O)N(C)[C@@H](Cc2ccccc2)C(=O)N1C. The van der Waals surface area contributed by atoms with Gasteiger partial charge in [-0.05, 0) is 88.2 Å². The predicted octanol–water partition coefficient (Wildman–Crippen LogP) is -0.337. The molecule has 3 aliphatic rings. The topological polar surface area (TPSA) is 567 Å². The Bertz CT molecular complexity index is 5470. The number of phenols is 2. The molecule has 15 atom stereocenters. The highest BCUT2D eigenvalue weighted by Gasteiger charge is 2.48. The fourth-order valence-corrected chi connectivity index (χ4v) is 17.4. The summed E-state index contributed by atoms with van der Waals surface area (Å²) in [5, 5.41) is 77.7. The minimum atomic E-state index is -2.06. The van der Waals surface area contributed by atoms with Crippen molar-refractivity contribution >= 4 is 117 Å². The Morgan fingerprint density at radius 2 is 0.963 bits per heavy atom. The summed E-state index contributed by atoms with van der Waals surface area (Å²) < 4.78 is 45.0. The van der Waals surface area contributed by atoms with E-state index in [4.69, 9.17) is 11.5 Å². The van der Waals surface area contributed by atoms with Gasteiger partial charge in [-0.1, -0.05) is 137 Å². The first kappa shape index (κ1) is 104. The van der Waals surface area contributed by atoms with Crippen molar-refractivity contribution in [1.82, 2.24) is 77.3 Å². The van der Waals surface area contributed by atoms with Crippen LogP contribution in [-0.4, -0.2) is 299 Å². The van der Waals surface area contributed by atoms with Gasteiger partial charge in [0.25, 0.3) is 0 Å². The summed E-state index contributed by atoms with van der Waals surface area (Å²) in [6.45, 7) is 2.09. The largest absolute Gasteiger partial charge is 0.508 e. The van der Waals surface area contributed by atoms with E-state index in [9.17, 15) is 63.5 Å². The number of para-hydroxylation sites is 1. The zero-order chi connectivity index (χ0) is 99.1. The molecular formula is C94H114F3N17O21S. The van der Waals surface area contributed by atoms with Crippen LogP contribution in [0.25, 0.3) is 10.9 Å². The molecule has 10 rings (SSSR count). The second-order valence-electron chi connectivity index (χ2n) is 34.3. The maximum atomic E-state index is 15.8. The van der Waals surface area contributed by atoms with Crippen LogP contribution in [0.4, 0.5) is 13.2 Å². The summed E-state index contributed by atoms with van der Waals surface area (Å²) in [6.07, 6.45) is -5.68. The Hall–Kier alpha value is -14.0. The van der Waals surface area contributed by atoms with Crippen molar-refractivity contribution in [3.63, 3.8) is 0 Å². The number of carbonyl (C=O) groups excluding carboxylic acids is 15. The van der Waals surface area contributed by atoms with E-state index in [2.05, 4.69) is 52.8 Å². The normalized spacial score (nSPS) is 24.4. The number of hydrogen-bond acceptors (Lipinski definition) is 22. The van der Waals surface area contributed by atoms with Crippen molar-refractivity contribution < 1.29 is 115 Å². The summed E-state index contributed by atoms with van der Waals surface area (Å²) in [4.78, 5) is 246. The van der Waals surface area contributed by atoms with Crippen molar-refractivity contribution in [3.8, 4) is 11.5 Å². The molecule has 15 amide bonds. The van der Waals surface area contributed by atoms with Gasteiger partial charge < -0.3 is 114 Å². The molecule has 38 nitrogen and oxygen atoms in total. The van der Waals surface area contributed by atoms with Crippen LogP contribution >= 0.6 is 11.8 Å². The van der Waals surface area contributed by atoms with Crippen molar-refractivity contribution in [2.75, 3.05) is 58.8 Å². The summed E-state index contributed by atoms with van der Waals surface area (Å²) in [5.74, 6) is -25.7. The number of aromatic amines is 1. The van der Waals surface area contributed by atoms with Crippen LogP contribution in [-0.2, 0) is 115 Å². The Labute approximate surface area is 785 Å².